The lowest BCUT2D eigenvalue weighted by molar-refractivity contribution is -0.145. The molecule has 0 aromatic heterocycles. The molecule has 128 valence electrons. The molecule has 0 atom stereocenters. The molecule has 0 radical (unpaired) electrons. The normalized spacial score (nSPS) is 17.6. The highest BCUT2D eigenvalue weighted by Gasteiger charge is 2.46. The highest BCUT2D eigenvalue weighted by Crippen LogP contribution is 2.50. The number of alkyl halides is 3. The summed E-state index contributed by atoms with van der Waals surface area (Å²) in [5.74, 6) is -1.66. The summed E-state index contributed by atoms with van der Waals surface area (Å²) in [4.78, 5) is 11.9. The Kier molecular flexibility index (Phi) is 4.77. The second-order valence-corrected chi connectivity index (χ2v) is 5.67. The number of rotatable bonds is 4. The zero-order valence-electron chi connectivity index (χ0n) is 13.0. The van der Waals surface area contributed by atoms with E-state index < -0.39 is 28.9 Å². The molecule has 0 amide bonds. The lowest BCUT2D eigenvalue weighted by Crippen LogP contribution is -2.38. The molecule has 2 rings (SSSR count). The molecule has 1 fully saturated rings. The van der Waals surface area contributed by atoms with Crippen molar-refractivity contribution in [2.24, 2.45) is 0 Å². The van der Waals surface area contributed by atoms with E-state index in [0.29, 0.717) is 25.7 Å². The number of carbonyl (C=O) groups is 1. The van der Waals surface area contributed by atoms with E-state index in [0.717, 1.165) is 19.6 Å². The standard InChI is InChI=1S/C16H19F3O4/c1-22-12-10(15(14(20)21)8-4-3-5-9-15)6-7-11(13(12)23-2)16(17,18)19/h6-7H,3-5,8-9H2,1-2H3,(H,20,21). The van der Waals surface area contributed by atoms with Crippen LogP contribution in [-0.4, -0.2) is 25.3 Å². The number of hydrogen-bond acceptors (Lipinski definition) is 3. The van der Waals surface area contributed by atoms with Gasteiger partial charge in [0.15, 0.2) is 11.5 Å². The molecule has 1 aliphatic carbocycles. The first kappa shape index (κ1) is 17.4. The first-order valence-corrected chi connectivity index (χ1v) is 7.34. The van der Waals surface area contributed by atoms with Crippen LogP contribution in [0, 0.1) is 0 Å². The van der Waals surface area contributed by atoms with Gasteiger partial charge in [-0.15, -0.1) is 0 Å². The summed E-state index contributed by atoms with van der Waals surface area (Å²) in [6.45, 7) is 0. The third-order valence-electron chi connectivity index (χ3n) is 4.46. The molecule has 1 aromatic rings. The Morgan fingerprint density at radius 1 is 1.09 bits per heavy atom. The van der Waals surface area contributed by atoms with Crippen molar-refractivity contribution >= 4 is 5.97 Å². The lowest BCUT2D eigenvalue weighted by atomic mass is 9.69. The number of hydrogen-bond donors (Lipinski definition) is 1. The minimum atomic E-state index is -4.61. The van der Waals surface area contributed by atoms with Crippen molar-refractivity contribution in [3.05, 3.63) is 23.3 Å². The monoisotopic (exact) mass is 332 g/mol. The fourth-order valence-corrected chi connectivity index (χ4v) is 3.32. The predicted molar refractivity (Wildman–Crippen MR) is 76.9 cm³/mol. The van der Waals surface area contributed by atoms with Crippen molar-refractivity contribution in [1.29, 1.82) is 0 Å². The maximum absolute atomic E-state index is 13.1. The molecule has 1 aromatic carbocycles. The van der Waals surface area contributed by atoms with Gasteiger partial charge in [-0.3, -0.25) is 4.79 Å². The van der Waals surface area contributed by atoms with Gasteiger partial charge < -0.3 is 14.6 Å². The summed E-state index contributed by atoms with van der Waals surface area (Å²) < 4.78 is 49.4. The Bertz CT molecular complexity index is 590. The van der Waals surface area contributed by atoms with E-state index >= 15 is 0 Å². The number of carboxylic acids is 1. The number of benzene rings is 1. The number of halogens is 3. The van der Waals surface area contributed by atoms with E-state index in [1.165, 1.54) is 13.2 Å². The van der Waals surface area contributed by atoms with Gasteiger partial charge >= 0.3 is 12.1 Å². The minimum absolute atomic E-state index is 0.147. The second-order valence-electron chi connectivity index (χ2n) is 5.67. The van der Waals surface area contributed by atoms with Crippen LogP contribution in [0.1, 0.15) is 43.2 Å². The first-order chi connectivity index (χ1) is 10.8. The molecule has 0 saturated heterocycles. The van der Waals surface area contributed by atoms with Crippen LogP contribution < -0.4 is 9.47 Å². The molecule has 1 saturated carbocycles. The van der Waals surface area contributed by atoms with E-state index in [1.807, 2.05) is 0 Å². The van der Waals surface area contributed by atoms with E-state index in [2.05, 4.69) is 0 Å². The van der Waals surface area contributed by atoms with Crippen LogP contribution in [0.5, 0.6) is 11.5 Å². The van der Waals surface area contributed by atoms with Gasteiger partial charge in [-0.05, 0) is 18.9 Å². The van der Waals surface area contributed by atoms with Crippen molar-refractivity contribution in [3.63, 3.8) is 0 Å². The number of carboxylic acid groups (broad SMARTS) is 1. The van der Waals surface area contributed by atoms with Gasteiger partial charge in [0.1, 0.15) is 5.56 Å². The average Bonchev–Trinajstić information content (AvgIpc) is 2.52. The van der Waals surface area contributed by atoms with Crippen LogP contribution >= 0.6 is 0 Å². The first-order valence-electron chi connectivity index (χ1n) is 7.34. The summed E-state index contributed by atoms with van der Waals surface area (Å²) in [6, 6.07) is 2.08. The van der Waals surface area contributed by atoms with Crippen LogP contribution in [0.15, 0.2) is 12.1 Å². The topological polar surface area (TPSA) is 55.8 Å². The fraction of sp³-hybridized carbons (Fsp3) is 0.562. The molecule has 23 heavy (non-hydrogen) atoms. The van der Waals surface area contributed by atoms with Gasteiger partial charge in [-0.2, -0.15) is 13.2 Å². The molecule has 0 unspecified atom stereocenters. The molecule has 0 heterocycles. The van der Waals surface area contributed by atoms with Crippen LogP contribution in [0.25, 0.3) is 0 Å². The summed E-state index contributed by atoms with van der Waals surface area (Å²) in [5.41, 5.74) is -1.96. The zero-order valence-corrected chi connectivity index (χ0v) is 13.0. The van der Waals surface area contributed by atoms with Gasteiger partial charge in [-0.25, -0.2) is 0 Å². The lowest BCUT2D eigenvalue weighted by Gasteiger charge is -2.35. The van der Waals surface area contributed by atoms with Crippen LogP contribution in [0.2, 0.25) is 0 Å². The van der Waals surface area contributed by atoms with E-state index in [-0.39, 0.29) is 11.3 Å². The van der Waals surface area contributed by atoms with E-state index in [1.54, 1.807) is 0 Å². The largest absolute Gasteiger partial charge is 0.493 e. The van der Waals surface area contributed by atoms with Gasteiger partial charge in [0.2, 0.25) is 0 Å². The fourth-order valence-electron chi connectivity index (χ4n) is 3.32. The Balaban J connectivity index is 2.69. The molecular formula is C16H19F3O4. The smallest absolute Gasteiger partial charge is 0.420 e. The molecule has 0 bridgehead atoms. The summed E-state index contributed by atoms with van der Waals surface area (Å²) in [7, 11) is 2.34. The predicted octanol–water partition coefficient (Wildman–Crippen LogP) is 4.01. The Hall–Kier alpha value is -1.92. The van der Waals surface area contributed by atoms with Gasteiger partial charge in [0.05, 0.1) is 19.6 Å². The third kappa shape index (κ3) is 2.96. The molecule has 1 aliphatic rings. The SMILES string of the molecule is COc1c(C(F)(F)F)ccc(C2(C(=O)O)CCCCC2)c1OC. The molecule has 1 N–H and O–H groups in total. The maximum atomic E-state index is 13.1. The summed E-state index contributed by atoms with van der Waals surface area (Å²) in [6.07, 6.45) is -1.55. The van der Waals surface area contributed by atoms with Crippen molar-refractivity contribution in [3.8, 4) is 11.5 Å². The highest BCUT2D eigenvalue weighted by atomic mass is 19.4. The Labute approximate surface area is 132 Å². The Morgan fingerprint density at radius 3 is 2.09 bits per heavy atom. The number of aliphatic carboxylic acids is 1. The van der Waals surface area contributed by atoms with Crippen LogP contribution in [0.4, 0.5) is 13.2 Å². The summed E-state index contributed by atoms with van der Waals surface area (Å²) >= 11 is 0. The Morgan fingerprint density at radius 2 is 1.65 bits per heavy atom. The molecular weight excluding hydrogens is 313 g/mol. The van der Waals surface area contributed by atoms with Crippen molar-refractivity contribution in [1.82, 2.24) is 0 Å². The molecule has 4 nitrogen and oxygen atoms in total. The summed E-state index contributed by atoms with van der Waals surface area (Å²) in [5, 5.41) is 9.74. The third-order valence-corrected chi connectivity index (χ3v) is 4.46. The zero-order chi connectivity index (χ0) is 17.3. The van der Waals surface area contributed by atoms with Gasteiger partial charge in [0.25, 0.3) is 0 Å². The van der Waals surface area contributed by atoms with Gasteiger partial charge in [-0.1, -0.05) is 25.3 Å². The maximum Gasteiger partial charge on any atom is 0.420 e. The van der Waals surface area contributed by atoms with E-state index in [9.17, 15) is 23.1 Å². The van der Waals surface area contributed by atoms with E-state index in [4.69, 9.17) is 9.47 Å². The van der Waals surface area contributed by atoms with Crippen LogP contribution in [0.3, 0.4) is 0 Å². The number of methoxy groups -OCH3 is 2. The van der Waals surface area contributed by atoms with Crippen molar-refractivity contribution in [2.45, 2.75) is 43.7 Å². The molecule has 0 aliphatic heterocycles. The molecule has 7 heteroatoms. The van der Waals surface area contributed by atoms with Crippen molar-refractivity contribution in [2.75, 3.05) is 14.2 Å². The van der Waals surface area contributed by atoms with Crippen molar-refractivity contribution < 1.29 is 32.5 Å². The van der Waals surface area contributed by atoms with Crippen LogP contribution in [-0.2, 0) is 16.4 Å². The minimum Gasteiger partial charge on any atom is -0.493 e. The second kappa shape index (κ2) is 6.29. The number of ether oxygens (including phenoxy) is 2. The van der Waals surface area contributed by atoms with Gasteiger partial charge in [0, 0.05) is 5.56 Å². The molecule has 0 spiro atoms. The average molecular weight is 332 g/mol. The quantitative estimate of drug-likeness (QED) is 0.905. The highest BCUT2D eigenvalue weighted by molar-refractivity contribution is 5.83.